The summed E-state index contributed by atoms with van der Waals surface area (Å²) in [6.07, 6.45) is 11.7. The number of carbonyl (C=O) groups excluding carboxylic acids is 1. The molecular formula is C13H19N3O. The van der Waals surface area contributed by atoms with Crippen LogP contribution in [0.4, 0.5) is 0 Å². The molecule has 0 unspecified atom stereocenters. The summed E-state index contributed by atoms with van der Waals surface area (Å²) in [6, 6.07) is 0. The van der Waals surface area contributed by atoms with E-state index in [4.69, 9.17) is 0 Å². The predicted octanol–water partition coefficient (Wildman–Crippen LogP) is 2.04. The summed E-state index contributed by atoms with van der Waals surface area (Å²) in [5.74, 6) is 0.386. The van der Waals surface area contributed by atoms with Crippen molar-refractivity contribution in [1.29, 1.82) is 0 Å². The Morgan fingerprint density at radius 3 is 3.06 bits per heavy atom. The fourth-order valence-electron chi connectivity index (χ4n) is 2.13. The zero-order chi connectivity index (χ0) is 12.1. The van der Waals surface area contributed by atoms with Crippen molar-refractivity contribution in [3.63, 3.8) is 0 Å². The minimum Gasteiger partial charge on any atom is -0.349 e. The first-order chi connectivity index (χ1) is 8.27. The molecule has 0 fully saturated rings. The van der Waals surface area contributed by atoms with Gasteiger partial charge in [-0.25, -0.2) is 4.98 Å². The average Bonchev–Trinajstić information content (AvgIpc) is 2.77. The van der Waals surface area contributed by atoms with Crippen molar-refractivity contribution in [2.75, 3.05) is 6.54 Å². The Kier molecular flexibility index (Phi) is 3.96. The van der Waals surface area contributed by atoms with Crippen LogP contribution in [0.25, 0.3) is 0 Å². The Morgan fingerprint density at radius 2 is 2.41 bits per heavy atom. The van der Waals surface area contributed by atoms with Gasteiger partial charge in [0.1, 0.15) is 0 Å². The Morgan fingerprint density at radius 1 is 1.53 bits per heavy atom. The van der Waals surface area contributed by atoms with E-state index in [0.717, 1.165) is 6.42 Å². The number of hydrogen-bond acceptors (Lipinski definition) is 2. The molecule has 0 aromatic carbocycles. The Bertz CT molecular complexity index is 420. The Hall–Kier alpha value is -1.58. The number of aromatic nitrogens is 2. The van der Waals surface area contributed by atoms with Crippen LogP contribution in [0.3, 0.4) is 0 Å². The van der Waals surface area contributed by atoms with Gasteiger partial charge in [-0.15, -0.1) is 0 Å². The topological polar surface area (TPSA) is 46.9 Å². The lowest BCUT2D eigenvalue weighted by Gasteiger charge is -2.12. The van der Waals surface area contributed by atoms with Crippen molar-refractivity contribution in [2.24, 2.45) is 7.05 Å². The van der Waals surface area contributed by atoms with Crippen molar-refractivity contribution in [2.45, 2.75) is 32.1 Å². The summed E-state index contributed by atoms with van der Waals surface area (Å²) < 4.78 is 1.73. The standard InChI is InChI=1S/C13H19N3O/c1-16-10-9-14-12(16)13(17)15-8-7-11-5-3-2-4-6-11/h5,9-10H,2-4,6-8H2,1H3,(H,15,17). The zero-order valence-corrected chi connectivity index (χ0v) is 10.3. The number of hydrogen-bond donors (Lipinski definition) is 1. The molecule has 17 heavy (non-hydrogen) atoms. The van der Waals surface area contributed by atoms with Gasteiger partial charge in [0.05, 0.1) is 0 Å². The van der Waals surface area contributed by atoms with E-state index in [1.165, 1.54) is 31.3 Å². The maximum Gasteiger partial charge on any atom is 0.287 e. The van der Waals surface area contributed by atoms with Gasteiger partial charge in [-0.1, -0.05) is 11.6 Å². The Labute approximate surface area is 102 Å². The van der Waals surface area contributed by atoms with Gasteiger partial charge in [0.15, 0.2) is 5.82 Å². The molecule has 92 valence electrons. The molecule has 4 heteroatoms. The van der Waals surface area contributed by atoms with E-state index >= 15 is 0 Å². The molecule has 0 atom stereocenters. The van der Waals surface area contributed by atoms with Crippen molar-refractivity contribution in [1.82, 2.24) is 14.9 Å². The number of nitrogens with zero attached hydrogens (tertiary/aromatic N) is 2. The van der Waals surface area contributed by atoms with Crippen LogP contribution in [0.1, 0.15) is 42.7 Å². The molecule has 0 spiro atoms. The average molecular weight is 233 g/mol. The highest BCUT2D eigenvalue weighted by Gasteiger charge is 2.10. The second-order valence-electron chi connectivity index (χ2n) is 4.48. The lowest BCUT2D eigenvalue weighted by Crippen LogP contribution is -2.27. The van der Waals surface area contributed by atoms with Crippen LogP contribution in [0.15, 0.2) is 24.0 Å². The Balaban J connectivity index is 1.77. The van der Waals surface area contributed by atoms with Crippen molar-refractivity contribution in [3.05, 3.63) is 29.9 Å². The molecular weight excluding hydrogens is 214 g/mol. The fraction of sp³-hybridized carbons (Fsp3) is 0.538. The normalized spacial score (nSPS) is 15.5. The van der Waals surface area contributed by atoms with E-state index < -0.39 is 0 Å². The molecule has 0 saturated carbocycles. The number of nitrogens with one attached hydrogen (secondary N) is 1. The third kappa shape index (κ3) is 3.19. The summed E-state index contributed by atoms with van der Waals surface area (Å²) in [6.45, 7) is 0.706. The number of imidazole rings is 1. The third-order valence-corrected chi connectivity index (χ3v) is 3.14. The van der Waals surface area contributed by atoms with Gasteiger partial charge in [0, 0.05) is 26.0 Å². The second kappa shape index (κ2) is 5.66. The number of rotatable bonds is 4. The largest absolute Gasteiger partial charge is 0.349 e. The van der Waals surface area contributed by atoms with E-state index in [9.17, 15) is 4.79 Å². The molecule has 2 rings (SSSR count). The summed E-state index contributed by atoms with van der Waals surface area (Å²) in [4.78, 5) is 15.8. The van der Waals surface area contributed by atoms with E-state index in [-0.39, 0.29) is 5.91 Å². The maximum atomic E-state index is 11.8. The van der Waals surface area contributed by atoms with Gasteiger partial charge in [-0.05, 0) is 32.1 Å². The maximum absolute atomic E-state index is 11.8. The SMILES string of the molecule is Cn1ccnc1C(=O)NCCC1=CCCCC1. The minimum atomic E-state index is -0.0890. The van der Waals surface area contributed by atoms with Gasteiger partial charge < -0.3 is 9.88 Å². The lowest BCUT2D eigenvalue weighted by atomic mass is 9.97. The van der Waals surface area contributed by atoms with Crippen LogP contribution >= 0.6 is 0 Å². The van der Waals surface area contributed by atoms with E-state index in [2.05, 4.69) is 16.4 Å². The lowest BCUT2D eigenvalue weighted by molar-refractivity contribution is 0.0940. The van der Waals surface area contributed by atoms with Crippen LogP contribution in [0.2, 0.25) is 0 Å². The van der Waals surface area contributed by atoms with Gasteiger partial charge in [-0.2, -0.15) is 0 Å². The predicted molar refractivity (Wildman–Crippen MR) is 66.7 cm³/mol. The molecule has 1 amide bonds. The van der Waals surface area contributed by atoms with E-state index in [1.54, 1.807) is 17.0 Å². The summed E-state index contributed by atoms with van der Waals surface area (Å²) >= 11 is 0. The molecule has 1 aromatic heterocycles. The molecule has 1 aromatic rings. The molecule has 4 nitrogen and oxygen atoms in total. The third-order valence-electron chi connectivity index (χ3n) is 3.14. The highest BCUT2D eigenvalue weighted by Crippen LogP contribution is 2.19. The monoisotopic (exact) mass is 233 g/mol. The van der Waals surface area contributed by atoms with Gasteiger partial charge >= 0.3 is 0 Å². The molecule has 0 saturated heterocycles. The second-order valence-corrected chi connectivity index (χ2v) is 4.48. The van der Waals surface area contributed by atoms with Crippen LogP contribution in [0.5, 0.6) is 0 Å². The van der Waals surface area contributed by atoms with Crippen LogP contribution in [-0.4, -0.2) is 22.0 Å². The number of aryl methyl sites for hydroxylation is 1. The summed E-state index contributed by atoms with van der Waals surface area (Å²) in [5.41, 5.74) is 1.48. The number of allylic oxidation sites excluding steroid dienone is 1. The van der Waals surface area contributed by atoms with Crippen molar-refractivity contribution < 1.29 is 4.79 Å². The summed E-state index contributed by atoms with van der Waals surface area (Å²) in [5, 5.41) is 2.91. The minimum absolute atomic E-state index is 0.0890. The van der Waals surface area contributed by atoms with Gasteiger partial charge in [0.25, 0.3) is 5.91 Å². The van der Waals surface area contributed by atoms with Crippen molar-refractivity contribution >= 4 is 5.91 Å². The van der Waals surface area contributed by atoms with Crippen LogP contribution in [-0.2, 0) is 7.05 Å². The first-order valence-corrected chi connectivity index (χ1v) is 6.21. The first kappa shape index (κ1) is 11.9. The van der Waals surface area contributed by atoms with Crippen molar-refractivity contribution in [3.8, 4) is 0 Å². The highest BCUT2D eigenvalue weighted by molar-refractivity contribution is 5.90. The van der Waals surface area contributed by atoms with Crippen LogP contribution in [0, 0.1) is 0 Å². The molecule has 1 aliphatic rings. The quantitative estimate of drug-likeness (QED) is 0.809. The number of amides is 1. The zero-order valence-electron chi connectivity index (χ0n) is 10.3. The molecule has 0 bridgehead atoms. The fourth-order valence-corrected chi connectivity index (χ4v) is 2.13. The first-order valence-electron chi connectivity index (χ1n) is 6.21. The molecule has 1 N–H and O–H groups in total. The smallest absolute Gasteiger partial charge is 0.287 e. The molecule has 1 aliphatic carbocycles. The molecule has 0 radical (unpaired) electrons. The number of carbonyl (C=O) groups is 1. The van der Waals surface area contributed by atoms with Gasteiger partial charge in [0.2, 0.25) is 0 Å². The molecule has 1 heterocycles. The molecule has 0 aliphatic heterocycles. The van der Waals surface area contributed by atoms with Gasteiger partial charge in [-0.3, -0.25) is 4.79 Å². The van der Waals surface area contributed by atoms with Crippen LogP contribution < -0.4 is 5.32 Å². The van der Waals surface area contributed by atoms with E-state index in [1.807, 2.05) is 7.05 Å². The van der Waals surface area contributed by atoms with E-state index in [0.29, 0.717) is 12.4 Å². The highest BCUT2D eigenvalue weighted by atomic mass is 16.2. The summed E-state index contributed by atoms with van der Waals surface area (Å²) in [7, 11) is 1.82.